The summed E-state index contributed by atoms with van der Waals surface area (Å²) in [5.74, 6) is 1.77. The van der Waals surface area contributed by atoms with Crippen LogP contribution in [0.4, 0.5) is 10.3 Å². The zero-order valence-electron chi connectivity index (χ0n) is 17.3. The van der Waals surface area contributed by atoms with Crippen molar-refractivity contribution >= 4 is 16.9 Å². The maximum absolute atomic E-state index is 13.1. The van der Waals surface area contributed by atoms with E-state index in [2.05, 4.69) is 22.9 Å². The van der Waals surface area contributed by atoms with E-state index in [0.29, 0.717) is 11.5 Å². The summed E-state index contributed by atoms with van der Waals surface area (Å²) in [7, 11) is 2.14. The van der Waals surface area contributed by atoms with Gasteiger partial charge in [-0.1, -0.05) is 18.2 Å². The molecule has 0 saturated carbocycles. The van der Waals surface area contributed by atoms with Gasteiger partial charge in [0.2, 0.25) is 5.95 Å². The molecule has 0 aliphatic carbocycles. The molecule has 5 nitrogen and oxygen atoms in total. The van der Waals surface area contributed by atoms with E-state index in [1.165, 1.54) is 12.1 Å². The minimum absolute atomic E-state index is 0.283. The van der Waals surface area contributed by atoms with Crippen molar-refractivity contribution in [1.29, 1.82) is 0 Å². The van der Waals surface area contributed by atoms with Gasteiger partial charge in [0, 0.05) is 37.1 Å². The fourth-order valence-corrected chi connectivity index (χ4v) is 3.75. The summed E-state index contributed by atoms with van der Waals surface area (Å²) >= 11 is 0. The number of anilines is 1. The van der Waals surface area contributed by atoms with Gasteiger partial charge in [0.1, 0.15) is 17.3 Å². The molecule has 0 radical (unpaired) electrons. The second kappa shape index (κ2) is 8.32. The van der Waals surface area contributed by atoms with Gasteiger partial charge in [0.15, 0.2) is 0 Å². The van der Waals surface area contributed by atoms with Crippen molar-refractivity contribution in [3.63, 3.8) is 0 Å². The number of rotatable bonds is 4. The molecule has 0 N–H and O–H groups in total. The van der Waals surface area contributed by atoms with Crippen molar-refractivity contribution < 1.29 is 9.13 Å². The molecule has 1 aromatic heterocycles. The van der Waals surface area contributed by atoms with Gasteiger partial charge in [0.05, 0.1) is 11.2 Å². The highest BCUT2D eigenvalue weighted by atomic mass is 19.1. The predicted molar refractivity (Wildman–Crippen MR) is 121 cm³/mol. The lowest BCUT2D eigenvalue weighted by Gasteiger charge is -2.32. The maximum Gasteiger partial charge on any atom is 0.226 e. The third kappa shape index (κ3) is 4.20. The Morgan fingerprint density at radius 3 is 2.13 bits per heavy atom. The third-order valence-electron chi connectivity index (χ3n) is 5.55. The minimum atomic E-state index is -0.283. The number of fused-ring (bicyclic) bond motifs is 1. The predicted octanol–water partition coefficient (Wildman–Crippen LogP) is 4.98. The lowest BCUT2D eigenvalue weighted by molar-refractivity contribution is 0.311. The van der Waals surface area contributed by atoms with E-state index in [9.17, 15) is 4.39 Å². The molecule has 2 heterocycles. The van der Waals surface area contributed by atoms with Crippen LogP contribution in [0.15, 0.2) is 72.8 Å². The molecule has 1 fully saturated rings. The number of hydrogen-bond donors (Lipinski definition) is 0. The summed E-state index contributed by atoms with van der Waals surface area (Å²) in [6.45, 7) is 3.83. The smallest absolute Gasteiger partial charge is 0.226 e. The zero-order chi connectivity index (χ0) is 21.2. The van der Waals surface area contributed by atoms with Gasteiger partial charge < -0.3 is 14.5 Å². The van der Waals surface area contributed by atoms with Crippen LogP contribution in [0.5, 0.6) is 11.5 Å². The number of piperazine rings is 1. The molecular weight excluding hydrogens is 391 g/mol. The first-order valence-corrected chi connectivity index (χ1v) is 10.4. The van der Waals surface area contributed by atoms with E-state index < -0.39 is 0 Å². The van der Waals surface area contributed by atoms with Crippen LogP contribution in [-0.2, 0) is 0 Å². The molecule has 0 unspecified atom stereocenters. The molecule has 6 heteroatoms. The fourth-order valence-electron chi connectivity index (χ4n) is 3.75. The van der Waals surface area contributed by atoms with Crippen molar-refractivity contribution in [2.24, 2.45) is 0 Å². The van der Waals surface area contributed by atoms with Crippen LogP contribution >= 0.6 is 0 Å². The van der Waals surface area contributed by atoms with Crippen molar-refractivity contribution in [3.8, 4) is 22.8 Å². The van der Waals surface area contributed by atoms with Crippen LogP contribution in [0.2, 0.25) is 0 Å². The number of hydrogen-bond acceptors (Lipinski definition) is 5. The Balaban J connectivity index is 1.47. The number of likely N-dealkylation sites (N-methyl/N-ethyl adjacent to an activating group) is 1. The van der Waals surface area contributed by atoms with E-state index in [1.54, 1.807) is 12.1 Å². The summed E-state index contributed by atoms with van der Waals surface area (Å²) in [6.07, 6.45) is 0. The summed E-state index contributed by atoms with van der Waals surface area (Å²) in [6, 6.07) is 21.9. The second-order valence-corrected chi connectivity index (χ2v) is 7.76. The Hall–Kier alpha value is -3.51. The van der Waals surface area contributed by atoms with Crippen LogP contribution in [0.25, 0.3) is 22.2 Å². The average molecular weight is 414 g/mol. The molecule has 1 aliphatic heterocycles. The van der Waals surface area contributed by atoms with Gasteiger partial charge >= 0.3 is 0 Å². The molecule has 31 heavy (non-hydrogen) atoms. The number of para-hydroxylation sites is 1. The standard InChI is InChI=1S/C25H23FN4O/c1-29-14-16-30(17-15-29)25-27-23-5-3-2-4-22(23)24(28-25)18-6-10-20(11-7-18)31-21-12-8-19(26)9-13-21/h2-13H,14-17H2,1H3. The first-order chi connectivity index (χ1) is 15.2. The van der Waals surface area contributed by atoms with Gasteiger partial charge in [-0.05, 0) is 61.6 Å². The molecular formula is C25H23FN4O. The highest BCUT2D eigenvalue weighted by molar-refractivity contribution is 5.93. The number of nitrogens with zero attached hydrogens (tertiary/aromatic N) is 4. The van der Waals surface area contributed by atoms with Gasteiger partial charge in [-0.3, -0.25) is 0 Å². The highest BCUT2D eigenvalue weighted by Gasteiger charge is 2.19. The molecule has 3 aromatic carbocycles. The molecule has 156 valence electrons. The number of halogens is 1. The summed E-state index contributed by atoms with van der Waals surface area (Å²) in [4.78, 5) is 14.4. The zero-order valence-corrected chi connectivity index (χ0v) is 17.3. The summed E-state index contributed by atoms with van der Waals surface area (Å²) < 4.78 is 18.9. The number of aromatic nitrogens is 2. The Morgan fingerprint density at radius 2 is 1.42 bits per heavy atom. The lowest BCUT2D eigenvalue weighted by atomic mass is 10.1. The Morgan fingerprint density at radius 1 is 0.774 bits per heavy atom. The van der Waals surface area contributed by atoms with Gasteiger partial charge in [0.25, 0.3) is 0 Å². The molecule has 0 spiro atoms. The number of benzene rings is 3. The molecule has 5 rings (SSSR count). The largest absolute Gasteiger partial charge is 0.457 e. The van der Waals surface area contributed by atoms with Crippen molar-refractivity contribution in [3.05, 3.63) is 78.6 Å². The van der Waals surface area contributed by atoms with E-state index in [4.69, 9.17) is 14.7 Å². The molecule has 4 aromatic rings. The first-order valence-electron chi connectivity index (χ1n) is 10.4. The first kappa shape index (κ1) is 19.5. The SMILES string of the molecule is CN1CCN(c2nc(-c3ccc(Oc4ccc(F)cc4)cc3)c3ccccc3n2)CC1. The summed E-state index contributed by atoms with van der Waals surface area (Å²) in [5, 5.41) is 1.02. The summed E-state index contributed by atoms with van der Waals surface area (Å²) in [5.41, 5.74) is 2.85. The lowest BCUT2D eigenvalue weighted by Crippen LogP contribution is -2.45. The molecule has 0 amide bonds. The van der Waals surface area contributed by atoms with Crippen molar-refractivity contribution in [2.45, 2.75) is 0 Å². The fraction of sp³-hybridized carbons (Fsp3) is 0.200. The van der Waals surface area contributed by atoms with E-state index in [1.807, 2.05) is 42.5 Å². The van der Waals surface area contributed by atoms with Gasteiger partial charge in [-0.2, -0.15) is 0 Å². The van der Waals surface area contributed by atoms with Gasteiger partial charge in [-0.15, -0.1) is 0 Å². The second-order valence-electron chi connectivity index (χ2n) is 7.76. The molecule has 1 aliphatic rings. The normalized spacial score (nSPS) is 14.7. The van der Waals surface area contributed by atoms with Crippen molar-refractivity contribution in [1.82, 2.24) is 14.9 Å². The van der Waals surface area contributed by atoms with Crippen LogP contribution in [0, 0.1) is 5.82 Å². The van der Waals surface area contributed by atoms with Gasteiger partial charge in [-0.25, -0.2) is 14.4 Å². The monoisotopic (exact) mass is 414 g/mol. The molecule has 0 atom stereocenters. The Kier molecular flexibility index (Phi) is 5.22. The third-order valence-corrected chi connectivity index (χ3v) is 5.55. The van der Waals surface area contributed by atoms with Crippen LogP contribution in [0.3, 0.4) is 0 Å². The van der Waals surface area contributed by atoms with Crippen LogP contribution in [0.1, 0.15) is 0 Å². The Bertz CT molecular complexity index is 1190. The minimum Gasteiger partial charge on any atom is -0.457 e. The van der Waals surface area contributed by atoms with E-state index in [-0.39, 0.29) is 5.82 Å². The van der Waals surface area contributed by atoms with E-state index in [0.717, 1.165) is 54.3 Å². The average Bonchev–Trinajstić information content (AvgIpc) is 2.81. The highest BCUT2D eigenvalue weighted by Crippen LogP contribution is 2.31. The number of ether oxygens (including phenoxy) is 1. The topological polar surface area (TPSA) is 41.5 Å². The molecule has 0 bridgehead atoms. The van der Waals surface area contributed by atoms with Crippen molar-refractivity contribution in [2.75, 3.05) is 38.1 Å². The van der Waals surface area contributed by atoms with Crippen LogP contribution < -0.4 is 9.64 Å². The maximum atomic E-state index is 13.1. The van der Waals surface area contributed by atoms with Crippen LogP contribution in [-0.4, -0.2) is 48.1 Å². The molecule has 1 saturated heterocycles. The van der Waals surface area contributed by atoms with E-state index >= 15 is 0 Å². The quantitative estimate of drug-likeness (QED) is 0.471. The Labute approximate surface area is 180 Å².